The smallest absolute Gasteiger partial charge is 0.462 e. The molecule has 0 aliphatic rings. The first-order chi connectivity index (χ1) is 50.7. The number of phosphoric acid groups is 2. The van der Waals surface area contributed by atoms with Crippen LogP contribution in [0, 0.1) is 0 Å². The van der Waals surface area contributed by atoms with Crippen LogP contribution in [0.3, 0.4) is 0 Å². The average molecular weight is 1500 g/mol. The summed E-state index contributed by atoms with van der Waals surface area (Å²) in [4.78, 5) is 72.9. The molecule has 0 aliphatic carbocycles. The molecule has 3 N–H and O–H groups in total. The number of aliphatic hydroxyl groups is 1. The number of rotatable bonds is 73. The fraction of sp³-hybridized carbons (Fsp3) is 0.647. The van der Waals surface area contributed by atoms with E-state index in [1.54, 1.807) is 0 Å². The lowest BCUT2D eigenvalue weighted by molar-refractivity contribution is -0.161. The van der Waals surface area contributed by atoms with Crippen LogP contribution in [0.5, 0.6) is 0 Å². The SMILES string of the molecule is CC/C=C\C/C=C\C/C=C\C/C=C\C/C=C\C/C=C\CCC(=O)O[C@H](COC(=O)CCCCC/C=C\C/C=C\C/C=C\C/C=C\C/C=C\CC)COP(=O)(O)OC[C@@H](O)COP(=O)(O)OC[C@@H](COC(=O)CCCCCCC/C=C\CCCCCC)OC(=O)CCCCCCC/C=C\CCCCCC. The van der Waals surface area contributed by atoms with Crippen LogP contribution < -0.4 is 0 Å². The molecule has 0 heterocycles. The molecule has 0 aromatic heterocycles. The van der Waals surface area contributed by atoms with Crippen molar-refractivity contribution in [1.82, 2.24) is 0 Å². The molecule has 592 valence electrons. The summed E-state index contributed by atoms with van der Waals surface area (Å²) in [7, 11) is -10.0. The zero-order valence-corrected chi connectivity index (χ0v) is 66.4. The van der Waals surface area contributed by atoms with E-state index < -0.39 is 97.5 Å². The zero-order valence-electron chi connectivity index (χ0n) is 64.6. The molecular formula is C85H140O17P2. The largest absolute Gasteiger partial charge is 0.472 e. The molecule has 0 amide bonds. The molecule has 0 saturated carbocycles. The molecule has 0 bridgehead atoms. The first kappa shape index (κ1) is 98.7. The van der Waals surface area contributed by atoms with Crippen molar-refractivity contribution < 1.29 is 80.2 Å². The van der Waals surface area contributed by atoms with E-state index in [9.17, 15) is 43.2 Å². The van der Waals surface area contributed by atoms with Gasteiger partial charge >= 0.3 is 39.5 Å². The quantitative estimate of drug-likeness (QED) is 0.0169. The number of hydrogen-bond donors (Lipinski definition) is 3. The maximum absolute atomic E-state index is 13.1. The first-order valence-corrected chi connectivity index (χ1v) is 42.7. The van der Waals surface area contributed by atoms with Gasteiger partial charge in [0, 0.05) is 25.7 Å². The molecule has 0 aromatic rings. The zero-order chi connectivity index (χ0) is 76.0. The van der Waals surface area contributed by atoms with E-state index in [1.165, 1.54) is 51.4 Å². The van der Waals surface area contributed by atoms with Crippen LogP contribution in [0.4, 0.5) is 0 Å². The van der Waals surface area contributed by atoms with Gasteiger partial charge < -0.3 is 33.8 Å². The Kier molecular flexibility index (Phi) is 72.0. The highest BCUT2D eigenvalue weighted by atomic mass is 31.2. The van der Waals surface area contributed by atoms with Gasteiger partial charge in [0.05, 0.1) is 26.4 Å². The van der Waals surface area contributed by atoms with Crippen LogP contribution in [0.1, 0.15) is 297 Å². The molecule has 0 rings (SSSR count). The lowest BCUT2D eigenvalue weighted by Crippen LogP contribution is -2.30. The van der Waals surface area contributed by atoms with Crippen LogP contribution in [0.2, 0.25) is 0 Å². The van der Waals surface area contributed by atoms with Gasteiger partial charge in [-0.2, -0.15) is 0 Å². The van der Waals surface area contributed by atoms with E-state index >= 15 is 0 Å². The number of hydrogen-bond acceptors (Lipinski definition) is 15. The number of unbranched alkanes of at least 4 members (excludes halogenated alkanes) is 21. The molecule has 0 fully saturated rings. The van der Waals surface area contributed by atoms with Crippen molar-refractivity contribution in [2.75, 3.05) is 39.6 Å². The number of aliphatic hydroxyl groups excluding tert-OH is 1. The van der Waals surface area contributed by atoms with Crippen molar-refractivity contribution in [3.8, 4) is 0 Å². The van der Waals surface area contributed by atoms with Gasteiger partial charge in [0.1, 0.15) is 19.3 Å². The van der Waals surface area contributed by atoms with Crippen molar-refractivity contribution in [1.29, 1.82) is 0 Å². The van der Waals surface area contributed by atoms with Crippen molar-refractivity contribution in [3.63, 3.8) is 0 Å². The molecule has 0 aliphatic heterocycles. The maximum Gasteiger partial charge on any atom is 0.472 e. The summed E-state index contributed by atoms with van der Waals surface area (Å²) >= 11 is 0. The van der Waals surface area contributed by atoms with Crippen LogP contribution in [-0.2, 0) is 65.4 Å². The van der Waals surface area contributed by atoms with Crippen molar-refractivity contribution in [3.05, 3.63) is 158 Å². The second-order valence-electron chi connectivity index (χ2n) is 25.9. The van der Waals surface area contributed by atoms with E-state index in [0.29, 0.717) is 32.1 Å². The highest BCUT2D eigenvalue weighted by Crippen LogP contribution is 2.45. The van der Waals surface area contributed by atoms with Crippen LogP contribution in [0.15, 0.2) is 158 Å². The summed E-state index contributed by atoms with van der Waals surface area (Å²) < 4.78 is 68.4. The predicted molar refractivity (Wildman–Crippen MR) is 427 cm³/mol. The summed E-state index contributed by atoms with van der Waals surface area (Å²) in [5.74, 6) is -2.34. The van der Waals surface area contributed by atoms with Gasteiger partial charge in [-0.15, -0.1) is 0 Å². The Balaban J connectivity index is 5.49. The third-order valence-corrected chi connectivity index (χ3v) is 17.9. The highest BCUT2D eigenvalue weighted by Gasteiger charge is 2.30. The molecular weight excluding hydrogens is 1350 g/mol. The summed E-state index contributed by atoms with van der Waals surface area (Å²) in [5, 5.41) is 10.6. The lowest BCUT2D eigenvalue weighted by Gasteiger charge is -2.21. The Morgan fingerprint density at radius 1 is 0.279 bits per heavy atom. The minimum Gasteiger partial charge on any atom is -0.462 e. The number of allylic oxidation sites excluding steroid dienone is 26. The normalized spacial score (nSPS) is 14.7. The Labute approximate surface area is 629 Å². The first-order valence-electron chi connectivity index (χ1n) is 39.7. The summed E-state index contributed by atoms with van der Waals surface area (Å²) in [6.07, 6.45) is 88.1. The van der Waals surface area contributed by atoms with Crippen LogP contribution >= 0.6 is 15.6 Å². The Hall–Kier alpha value is -5.32. The molecule has 19 heteroatoms. The molecule has 0 aromatic carbocycles. The molecule has 104 heavy (non-hydrogen) atoms. The summed E-state index contributed by atoms with van der Waals surface area (Å²) in [6.45, 7) is 4.46. The third kappa shape index (κ3) is 74.9. The number of esters is 4. The van der Waals surface area contributed by atoms with Gasteiger partial charge in [-0.3, -0.25) is 37.3 Å². The third-order valence-electron chi connectivity index (χ3n) is 16.0. The van der Waals surface area contributed by atoms with Gasteiger partial charge in [-0.05, 0) is 161 Å². The minimum absolute atomic E-state index is 0.0437. The van der Waals surface area contributed by atoms with Gasteiger partial charge in [-0.1, -0.05) is 269 Å². The molecule has 17 nitrogen and oxygen atoms in total. The van der Waals surface area contributed by atoms with Crippen molar-refractivity contribution in [2.45, 2.75) is 316 Å². The number of phosphoric ester groups is 2. The van der Waals surface area contributed by atoms with Crippen LogP contribution in [0.25, 0.3) is 0 Å². The Bertz CT molecular complexity index is 2590. The Morgan fingerprint density at radius 2 is 0.519 bits per heavy atom. The lowest BCUT2D eigenvalue weighted by atomic mass is 10.1. The van der Waals surface area contributed by atoms with Gasteiger partial charge in [-0.25, -0.2) is 9.13 Å². The molecule has 0 radical (unpaired) electrons. The van der Waals surface area contributed by atoms with E-state index in [2.05, 4.69) is 167 Å². The molecule has 5 atom stereocenters. The molecule has 2 unspecified atom stereocenters. The van der Waals surface area contributed by atoms with E-state index in [-0.39, 0.29) is 25.7 Å². The summed E-state index contributed by atoms with van der Waals surface area (Å²) in [6, 6.07) is 0. The number of ether oxygens (including phenoxy) is 4. The number of carbonyl (C=O) groups is 4. The van der Waals surface area contributed by atoms with Gasteiger partial charge in [0.25, 0.3) is 0 Å². The van der Waals surface area contributed by atoms with Crippen molar-refractivity contribution in [2.24, 2.45) is 0 Å². The average Bonchev–Trinajstić information content (AvgIpc) is 0.935. The van der Waals surface area contributed by atoms with E-state index in [1.807, 2.05) is 18.2 Å². The van der Waals surface area contributed by atoms with Crippen LogP contribution in [-0.4, -0.2) is 96.7 Å². The van der Waals surface area contributed by atoms with Gasteiger partial charge in [0.2, 0.25) is 0 Å². The second-order valence-corrected chi connectivity index (χ2v) is 28.8. The standard InChI is InChI=1S/C85H140O17P2/c1-5-9-13-17-21-25-29-33-35-37-39-41-43-47-50-54-58-62-66-70-83(88)96-76-81(102-85(90)72-68-64-60-56-52-48-44-42-40-38-36-34-30-26-22-18-14-10-6-2)78-100-104(93,94)98-74-79(86)73-97-103(91,92)99-77-80(101-84(89)71-67-63-59-55-51-46-32-28-24-20-16-12-8-4)75-95-82(87)69-65-61-57-53-49-45-31-27-23-19-15-11-7-3/h9-10,13-14,21-22,25-28,31-36,39-42,47-48,50,52,60,64,79-81,86H,5-8,11-12,15-20,23-24,29-30,37-38,43-46,49,51,53-59,61-63,65-78H2,1-4H3,(H,91,92)(H,93,94)/b13-9-,14-10-,25-21-,26-22-,31-27-,32-28-,35-33-,36-34-,41-39-,42-40-,50-47-,52-48-,64-60-/t79-,80+,81+/m0/s1. The molecule has 0 spiro atoms. The van der Waals surface area contributed by atoms with E-state index in [0.717, 1.165) is 161 Å². The fourth-order valence-corrected chi connectivity index (χ4v) is 11.5. The topological polar surface area (TPSA) is 237 Å². The maximum atomic E-state index is 13.1. The highest BCUT2D eigenvalue weighted by molar-refractivity contribution is 7.47. The second kappa shape index (κ2) is 75.9. The number of carbonyl (C=O) groups excluding carboxylic acids is 4. The summed E-state index contributed by atoms with van der Waals surface area (Å²) in [5.41, 5.74) is 0. The Morgan fingerprint density at radius 3 is 0.846 bits per heavy atom. The van der Waals surface area contributed by atoms with Crippen molar-refractivity contribution >= 4 is 39.5 Å². The molecule has 0 saturated heterocycles. The fourth-order valence-electron chi connectivity index (χ4n) is 9.97. The monoisotopic (exact) mass is 1490 g/mol. The van der Waals surface area contributed by atoms with Gasteiger partial charge in [0.15, 0.2) is 12.2 Å². The minimum atomic E-state index is -5.01. The van der Waals surface area contributed by atoms with E-state index in [4.69, 9.17) is 37.0 Å². The predicted octanol–water partition coefficient (Wildman–Crippen LogP) is 23.2.